The SMILES string of the molecule is O=C(Nc1c2ccccc2nc2ccccc12)C1CCCCC1. The van der Waals surface area contributed by atoms with Crippen LogP contribution in [0.25, 0.3) is 21.8 Å². The summed E-state index contributed by atoms with van der Waals surface area (Å²) in [5, 5.41) is 5.24. The van der Waals surface area contributed by atoms with Gasteiger partial charge in [0.05, 0.1) is 16.7 Å². The third-order valence-corrected chi connectivity index (χ3v) is 4.81. The van der Waals surface area contributed by atoms with E-state index in [9.17, 15) is 4.79 Å². The fraction of sp³-hybridized carbons (Fsp3) is 0.300. The van der Waals surface area contributed by atoms with Crippen molar-refractivity contribution in [2.24, 2.45) is 5.92 Å². The largest absolute Gasteiger partial charge is 0.325 e. The lowest BCUT2D eigenvalue weighted by molar-refractivity contribution is -0.120. The highest BCUT2D eigenvalue weighted by atomic mass is 16.1. The zero-order valence-electron chi connectivity index (χ0n) is 13.1. The summed E-state index contributed by atoms with van der Waals surface area (Å²) in [6.45, 7) is 0. The van der Waals surface area contributed by atoms with Gasteiger partial charge < -0.3 is 5.32 Å². The maximum atomic E-state index is 12.7. The lowest BCUT2D eigenvalue weighted by Crippen LogP contribution is -2.25. The monoisotopic (exact) mass is 304 g/mol. The number of benzene rings is 2. The number of rotatable bonds is 2. The number of hydrogen-bond donors (Lipinski definition) is 1. The van der Waals surface area contributed by atoms with E-state index in [2.05, 4.69) is 5.32 Å². The first-order valence-corrected chi connectivity index (χ1v) is 8.41. The molecular weight excluding hydrogens is 284 g/mol. The maximum Gasteiger partial charge on any atom is 0.227 e. The van der Waals surface area contributed by atoms with Crippen molar-refractivity contribution in [1.29, 1.82) is 0 Å². The van der Waals surface area contributed by atoms with Gasteiger partial charge in [-0.15, -0.1) is 0 Å². The van der Waals surface area contributed by atoms with Crippen LogP contribution in [0.1, 0.15) is 32.1 Å². The van der Waals surface area contributed by atoms with Gasteiger partial charge in [0.25, 0.3) is 0 Å². The number of nitrogens with zero attached hydrogens (tertiary/aromatic N) is 1. The van der Waals surface area contributed by atoms with Gasteiger partial charge in [0.1, 0.15) is 0 Å². The second kappa shape index (κ2) is 5.99. The molecule has 3 heteroatoms. The van der Waals surface area contributed by atoms with E-state index in [1.807, 2.05) is 48.5 Å². The first-order valence-electron chi connectivity index (χ1n) is 8.41. The molecule has 0 atom stereocenters. The van der Waals surface area contributed by atoms with E-state index in [1.165, 1.54) is 6.42 Å². The van der Waals surface area contributed by atoms with Crippen LogP contribution < -0.4 is 5.32 Å². The highest BCUT2D eigenvalue weighted by molar-refractivity contribution is 6.12. The number of nitrogens with one attached hydrogen (secondary N) is 1. The number of pyridine rings is 1. The fourth-order valence-corrected chi connectivity index (χ4v) is 3.56. The summed E-state index contributed by atoms with van der Waals surface area (Å²) in [5.41, 5.74) is 2.75. The minimum Gasteiger partial charge on any atom is -0.325 e. The molecule has 0 unspecified atom stereocenters. The van der Waals surface area contributed by atoms with Crippen molar-refractivity contribution in [2.45, 2.75) is 32.1 Å². The average Bonchev–Trinajstić information content (AvgIpc) is 2.62. The number of fused-ring (bicyclic) bond motifs is 2. The smallest absolute Gasteiger partial charge is 0.227 e. The molecule has 1 saturated carbocycles. The zero-order chi connectivity index (χ0) is 15.6. The molecule has 1 fully saturated rings. The van der Waals surface area contributed by atoms with Crippen LogP contribution in [0, 0.1) is 5.92 Å². The zero-order valence-corrected chi connectivity index (χ0v) is 13.1. The van der Waals surface area contributed by atoms with Gasteiger partial charge in [0.15, 0.2) is 0 Å². The molecule has 3 aromatic rings. The number of hydrogen-bond acceptors (Lipinski definition) is 2. The van der Waals surface area contributed by atoms with Gasteiger partial charge in [-0.25, -0.2) is 4.98 Å². The lowest BCUT2D eigenvalue weighted by atomic mass is 9.88. The van der Waals surface area contributed by atoms with Gasteiger partial charge in [-0.05, 0) is 25.0 Å². The molecule has 1 aromatic heterocycles. The number of para-hydroxylation sites is 2. The van der Waals surface area contributed by atoms with Gasteiger partial charge in [-0.3, -0.25) is 4.79 Å². The Labute approximate surface area is 135 Å². The predicted molar refractivity (Wildman–Crippen MR) is 94.5 cm³/mol. The Morgan fingerprint density at radius 1 is 0.870 bits per heavy atom. The molecule has 1 heterocycles. The van der Waals surface area contributed by atoms with E-state index in [4.69, 9.17) is 4.98 Å². The number of aromatic nitrogens is 1. The molecule has 0 radical (unpaired) electrons. The molecule has 3 nitrogen and oxygen atoms in total. The van der Waals surface area contributed by atoms with Crippen LogP contribution in [0.5, 0.6) is 0 Å². The van der Waals surface area contributed by atoms with Crippen molar-refractivity contribution in [1.82, 2.24) is 4.98 Å². The third kappa shape index (κ3) is 2.67. The molecule has 0 bridgehead atoms. The summed E-state index contributed by atoms with van der Waals surface area (Å²) in [7, 11) is 0. The van der Waals surface area contributed by atoms with E-state index in [-0.39, 0.29) is 11.8 Å². The van der Waals surface area contributed by atoms with Crippen LogP contribution in [0.2, 0.25) is 0 Å². The molecule has 0 saturated heterocycles. The van der Waals surface area contributed by atoms with Gasteiger partial charge >= 0.3 is 0 Å². The molecule has 0 aliphatic heterocycles. The molecular formula is C20H20N2O. The molecule has 4 rings (SSSR count). The van der Waals surface area contributed by atoms with Crippen LogP contribution in [0.4, 0.5) is 5.69 Å². The minimum atomic E-state index is 0.148. The van der Waals surface area contributed by atoms with Crippen molar-refractivity contribution < 1.29 is 4.79 Å². The van der Waals surface area contributed by atoms with E-state index in [1.54, 1.807) is 0 Å². The highest BCUT2D eigenvalue weighted by Crippen LogP contribution is 2.32. The first kappa shape index (κ1) is 14.2. The Hall–Kier alpha value is -2.42. The Balaban J connectivity index is 1.81. The molecule has 1 N–H and O–H groups in total. The van der Waals surface area contributed by atoms with Gasteiger partial charge in [-0.2, -0.15) is 0 Å². The summed E-state index contributed by atoms with van der Waals surface area (Å²) in [6.07, 6.45) is 5.59. The summed E-state index contributed by atoms with van der Waals surface area (Å²) >= 11 is 0. The van der Waals surface area contributed by atoms with Crippen LogP contribution >= 0.6 is 0 Å². The molecule has 23 heavy (non-hydrogen) atoms. The summed E-state index contributed by atoms with van der Waals surface area (Å²) in [6, 6.07) is 16.0. The Bertz CT molecular complexity index is 812. The number of carbonyl (C=O) groups is 1. The first-order chi connectivity index (χ1) is 11.3. The lowest BCUT2D eigenvalue weighted by Gasteiger charge is -2.21. The Morgan fingerprint density at radius 2 is 1.43 bits per heavy atom. The quantitative estimate of drug-likeness (QED) is 0.684. The molecule has 116 valence electrons. The number of amides is 1. The highest BCUT2D eigenvalue weighted by Gasteiger charge is 2.22. The normalized spacial score (nSPS) is 15.8. The molecule has 1 aliphatic carbocycles. The van der Waals surface area contributed by atoms with Crippen LogP contribution in [-0.4, -0.2) is 10.9 Å². The maximum absolute atomic E-state index is 12.7. The van der Waals surface area contributed by atoms with E-state index < -0.39 is 0 Å². The van der Waals surface area contributed by atoms with Crippen LogP contribution in [0.3, 0.4) is 0 Å². The van der Waals surface area contributed by atoms with Gasteiger partial charge in [0.2, 0.25) is 5.91 Å². The average molecular weight is 304 g/mol. The topological polar surface area (TPSA) is 42.0 Å². The van der Waals surface area contributed by atoms with E-state index in [0.717, 1.165) is 53.2 Å². The number of carbonyl (C=O) groups excluding carboxylic acids is 1. The van der Waals surface area contributed by atoms with Crippen molar-refractivity contribution in [3.63, 3.8) is 0 Å². The molecule has 2 aromatic carbocycles. The predicted octanol–water partition coefficient (Wildman–Crippen LogP) is 4.91. The van der Waals surface area contributed by atoms with Crippen molar-refractivity contribution in [3.05, 3.63) is 48.5 Å². The second-order valence-corrected chi connectivity index (χ2v) is 6.35. The second-order valence-electron chi connectivity index (χ2n) is 6.35. The fourth-order valence-electron chi connectivity index (χ4n) is 3.56. The summed E-state index contributed by atoms with van der Waals surface area (Å²) in [5.74, 6) is 0.306. The standard InChI is InChI=1S/C20H20N2O/c23-20(14-8-2-1-3-9-14)22-19-15-10-4-6-12-17(15)21-18-13-7-5-11-16(18)19/h4-7,10-14H,1-3,8-9H2,(H,21,22,23). The minimum absolute atomic E-state index is 0.148. The van der Waals surface area contributed by atoms with Crippen molar-refractivity contribution >= 4 is 33.4 Å². The summed E-state index contributed by atoms with van der Waals surface area (Å²) in [4.78, 5) is 17.4. The summed E-state index contributed by atoms with van der Waals surface area (Å²) < 4.78 is 0. The van der Waals surface area contributed by atoms with Crippen LogP contribution in [0.15, 0.2) is 48.5 Å². The van der Waals surface area contributed by atoms with Crippen molar-refractivity contribution in [2.75, 3.05) is 5.32 Å². The molecule has 1 amide bonds. The third-order valence-electron chi connectivity index (χ3n) is 4.81. The van der Waals surface area contributed by atoms with E-state index in [0.29, 0.717) is 0 Å². The van der Waals surface area contributed by atoms with Crippen LogP contribution in [-0.2, 0) is 4.79 Å². The molecule has 1 aliphatic rings. The number of anilines is 1. The van der Waals surface area contributed by atoms with E-state index >= 15 is 0 Å². The molecule has 0 spiro atoms. The Morgan fingerprint density at radius 3 is 2.04 bits per heavy atom. The van der Waals surface area contributed by atoms with Crippen molar-refractivity contribution in [3.8, 4) is 0 Å². The van der Waals surface area contributed by atoms with Gasteiger partial charge in [-0.1, -0.05) is 55.7 Å². The Kier molecular flexibility index (Phi) is 3.70. The van der Waals surface area contributed by atoms with Gasteiger partial charge in [0, 0.05) is 16.7 Å².